The van der Waals surface area contributed by atoms with Crippen molar-refractivity contribution in [3.05, 3.63) is 95.7 Å². The molecule has 4 aromatic rings. The number of aliphatic imine (C=N–C) groups is 1. The van der Waals surface area contributed by atoms with E-state index < -0.39 is 0 Å². The summed E-state index contributed by atoms with van der Waals surface area (Å²) in [6.45, 7) is 0. The highest BCUT2D eigenvalue weighted by Gasteiger charge is 2.22. The van der Waals surface area contributed by atoms with Gasteiger partial charge in [-0.3, -0.25) is 4.99 Å². The number of allylic oxidation sites excluding steroid dienone is 1. The van der Waals surface area contributed by atoms with Crippen LogP contribution < -0.4 is 0 Å². The van der Waals surface area contributed by atoms with Crippen LogP contribution in [-0.4, -0.2) is 16.3 Å². The van der Waals surface area contributed by atoms with Crippen molar-refractivity contribution >= 4 is 34.0 Å². The lowest BCUT2D eigenvalue weighted by atomic mass is 9.89. The Morgan fingerprint density at radius 3 is 2.50 bits per heavy atom. The first-order valence-corrected chi connectivity index (χ1v) is 8.55. The van der Waals surface area contributed by atoms with Crippen molar-refractivity contribution in [3.63, 3.8) is 0 Å². The number of H-pyrrole nitrogens is 1. The average Bonchev–Trinajstić information content (AvgIpc) is 3.29. The van der Waals surface area contributed by atoms with Crippen LogP contribution in [0.1, 0.15) is 16.7 Å². The molecule has 5 rings (SSSR count). The molecule has 0 fully saturated rings. The van der Waals surface area contributed by atoms with Gasteiger partial charge in [0, 0.05) is 51.2 Å². The van der Waals surface area contributed by atoms with Crippen LogP contribution in [0.2, 0.25) is 0 Å². The van der Waals surface area contributed by atoms with Crippen LogP contribution in [0.5, 0.6) is 5.75 Å². The molecule has 3 aromatic carbocycles. The summed E-state index contributed by atoms with van der Waals surface area (Å²) in [7, 11) is 0. The third-order valence-electron chi connectivity index (χ3n) is 4.83. The lowest BCUT2D eigenvalue weighted by molar-refractivity contribution is 0.473. The van der Waals surface area contributed by atoms with Crippen molar-refractivity contribution in [1.82, 2.24) is 4.98 Å². The maximum Gasteiger partial charge on any atom is 0.123 e. The van der Waals surface area contributed by atoms with E-state index in [1.165, 1.54) is 0 Å². The Bertz CT molecular complexity index is 1200. The summed E-state index contributed by atoms with van der Waals surface area (Å²) >= 11 is 0. The molecule has 124 valence electrons. The summed E-state index contributed by atoms with van der Waals surface area (Å²) in [6.07, 6.45) is 3.91. The molecular formula is C23H16N2O. The highest BCUT2D eigenvalue weighted by atomic mass is 16.3. The number of phenolic OH excluding ortho intramolecular Hbond substituents is 1. The van der Waals surface area contributed by atoms with Crippen LogP contribution >= 0.6 is 0 Å². The second-order valence-corrected chi connectivity index (χ2v) is 6.33. The molecular weight excluding hydrogens is 320 g/mol. The quantitative estimate of drug-likeness (QED) is 0.495. The molecule has 0 aliphatic carbocycles. The molecule has 0 bridgehead atoms. The first kappa shape index (κ1) is 14.7. The Morgan fingerprint density at radius 2 is 1.58 bits per heavy atom. The molecule has 1 aliphatic heterocycles. The predicted octanol–water partition coefficient (Wildman–Crippen LogP) is 5.55. The molecule has 1 aromatic heterocycles. The molecule has 0 unspecified atom stereocenters. The van der Waals surface area contributed by atoms with Crippen molar-refractivity contribution in [2.24, 2.45) is 4.99 Å². The van der Waals surface area contributed by atoms with Gasteiger partial charge in [0.1, 0.15) is 5.75 Å². The summed E-state index contributed by atoms with van der Waals surface area (Å²) < 4.78 is 0. The van der Waals surface area contributed by atoms with Gasteiger partial charge in [-0.15, -0.1) is 0 Å². The molecule has 0 radical (unpaired) electrons. The number of nitrogens with zero attached hydrogens (tertiary/aromatic N) is 1. The summed E-state index contributed by atoms with van der Waals surface area (Å²) in [5.41, 5.74) is 6.96. The van der Waals surface area contributed by atoms with Gasteiger partial charge in [-0.1, -0.05) is 54.6 Å². The van der Waals surface area contributed by atoms with Crippen molar-refractivity contribution in [1.29, 1.82) is 0 Å². The third kappa shape index (κ3) is 2.18. The number of aromatic amines is 1. The second-order valence-electron chi connectivity index (χ2n) is 6.33. The van der Waals surface area contributed by atoms with E-state index >= 15 is 0 Å². The average molecular weight is 336 g/mol. The fraction of sp³-hybridized carbons (Fsp3) is 0. The van der Waals surface area contributed by atoms with Crippen LogP contribution in [0.15, 0.2) is 84.0 Å². The number of nitrogens with one attached hydrogen (secondary N) is 1. The zero-order chi connectivity index (χ0) is 17.5. The van der Waals surface area contributed by atoms with Crippen LogP contribution in [0.4, 0.5) is 5.69 Å². The molecule has 0 amide bonds. The summed E-state index contributed by atoms with van der Waals surface area (Å²) in [5.74, 6) is 0.262. The van der Waals surface area contributed by atoms with Crippen LogP contribution in [-0.2, 0) is 0 Å². The summed E-state index contributed by atoms with van der Waals surface area (Å²) in [6, 6.07) is 23.8. The molecule has 0 saturated carbocycles. The minimum Gasteiger partial charge on any atom is -0.507 e. The number of aromatic hydroxyl groups is 1. The van der Waals surface area contributed by atoms with E-state index in [1.807, 2.05) is 60.9 Å². The van der Waals surface area contributed by atoms with Gasteiger partial charge >= 0.3 is 0 Å². The summed E-state index contributed by atoms with van der Waals surface area (Å²) in [4.78, 5) is 7.92. The Kier molecular flexibility index (Phi) is 3.25. The third-order valence-corrected chi connectivity index (χ3v) is 4.83. The minimum absolute atomic E-state index is 0.262. The van der Waals surface area contributed by atoms with Crippen LogP contribution in [0.25, 0.3) is 22.0 Å². The Morgan fingerprint density at radius 1 is 0.808 bits per heavy atom. The van der Waals surface area contributed by atoms with Gasteiger partial charge in [-0.2, -0.15) is 0 Å². The Hall–Kier alpha value is -3.59. The minimum atomic E-state index is 0.262. The molecule has 0 spiro atoms. The lowest BCUT2D eigenvalue weighted by Crippen LogP contribution is -1.94. The van der Waals surface area contributed by atoms with Crippen molar-refractivity contribution in [2.75, 3.05) is 0 Å². The normalized spacial score (nSPS) is 14.6. The molecule has 2 heterocycles. The molecule has 0 saturated heterocycles. The number of fused-ring (bicyclic) bond motifs is 2. The van der Waals surface area contributed by atoms with E-state index in [4.69, 9.17) is 0 Å². The highest BCUT2D eigenvalue weighted by Crippen LogP contribution is 2.42. The van der Waals surface area contributed by atoms with Gasteiger partial charge in [-0.25, -0.2) is 0 Å². The zero-order valence-electron chi connectivity index (χ0n) is 14.0. The SMILES string of the molecule is Oc1ccccc1C(=C1C=Nc2ccccc21)c1c[nH]c2ccccc12. The van der Waals surface area contributed by atoms with Crippen LogP contribution in [0.3, 0.4) is 0 Å². The molecule has 2 N–H and O–H groups in total. The standard InChI is InChI=1S/C23H16N2O/c26-22-12-6-3-9-17(22)23(18-13-24-20-10-4-1-7-15(18)20)19-14-25-21-11-5-2-8-16(19)21/h1-14,24,26H. The van der Waals surface area contributed by atoms with Gasteiger partial charge in [0.25, 0.3) is 0 Å². The van der Waals surface area contributed by atoms with Crippen molar-refractivity contribution in [3.8, 4) is 5.75 Å². The van der Waals surface area contributed by atoms with Gasteiger partial charge < -0.3 is 10.1 Å². The van der Waals surface area contributed by atoms with E-state index in [1.54, 1.807) is 6.07 Å². The summed E-state index contributed by atoms with van der Waals surface area (Å²) in [5, 5.41) is 11.7. The van der Waals surface area contributed by atoms with Gasteiger partial charge in [-0.05, 0) is 18.2 Å². The largest absolute Gasteiger partial charge is 0.507 e. The Balaban J connectivity index is 1.88. The highest BCUT2D eigenvalue weighted by molar-refractivity contribution is 6.28. The van der Waals surface area contributed by atoms with Gasteiger partial charge in [0.05, 0.1) is 5.69 Å². The van der Waals surface area contributed by atoms with Crippen molar-refractivity contribution in [2.45, 2.75) is 0 Å². The van der Waals surface area contributed by atoms with E-state index in [0.717, 1.165) is 44.4 Å². The number of benzene rings is 3. The lowest BCUT2D eigenvalue weighted by Gasteiger charge is -2.13. The molecule has 3 heteroatoms. The molecule has 3 nitrogen and oxygen atoms in total. The number of hydrogen-bond acceptors (Lipinski definition) is 2. The van der Waals surface area contributed by atoms with E-state index in [2.05, 4.69) is 28.2 Å². The predicted molar refractivity (Wildman–Crippen MR) is 107 cm³/mol. The number of para-hydroxylation sites is 3. The van der Waals surface area contributed by atoms with E-state index in [9.17, 15) is 5.11 Å². The number of aromatic nitrogens is 1. The smallest absolute Gasteiger partial charge is 0.123 e. The molecule has 0 atom stereocenters. The topological polar surface area (TPSA) is 48.4 Å². The Labute approximate surface area is 151 Å². The zero-order valence-corrected chi connectivity index (χ0v) is 14.0. The first-order chi connectivity index (χ1) is 12.8. The monoisotopic (exact) mass is 336 g/mol. The van der Waals surface area contributed by atoms with E-state index in [0.29, 0.717) is 0 Å². The van der Waals surface area contributed by atoms with Crippen molar-refractivity contribution < 1.29 is 5.11 Å². The second kappa shape index (κ2) is 5.74. The number of phenols is 1. The maximum atomic E-state index is 10.6. The van der Waals surface area contributed by atoms with E-state index in [-0.39, 0.29) is 5.75 Å². The molecule has 26 heavy (non-hydrogen) atoms. The van der Waals surface area contributed by atoms with Gasteiger partial charge in [0.15, 0.2) is 0 Å². The first-order valence-electron chi connectivity index (χ1n) is 8.55. The number of rotatable bonds is 2. The fourth-order valence-corrected chi connectivity index (χ4v) is 3.62. The molecule has 1 aliphatic rings. The number of hydrogen-bond donors (Lipinski definition) is 2. The fourth-order valence-electron chi connectivity index (χ4n) is 3.62. The van der Waals surface area contributed by atoms with Crippen LogP contribution in [0, 0.1) is 0 Å². The maximum absolute atomic E-state index is 10.6. The van der Waals surface area contributed by atoms with Gasteiger partial charge in [0.2, 0.25) is 0 Å².